The molecule has 3 aromatic rings. The van der Waals surface area contributed by atoms with Crippen molar-refractivity contribution in [2.45, 2.75) is 25.7 Å². The first-order chi connectivity index (χ1) is 10.5. The van der Waals surface area contributed by atoms with Gasteiger partial charge in [0.2, 0.25) is 0 Å². The molecule has 1 aromatic heterocycles. The van der Waals surface area contributed by atoms with Crippen LogP contribution in [0.3, 0.4) is 0 Å². The molecule has 0 saturated carbocycles. The van der Waals surface area contributed by atoms with Crippen LogP contribution in [0.1, 0.15) is 34.9 Å². The van der Waals surface area contributed by atoms with Gasteiger partial charge in [0.15, 0.2) is 5.69 Å². The molecule has 0 amide bonds. The summed E-state index contributed by atoms with van der Waals surface area (Å²) in [5.41, 5.74) is 1.18. The van der Waals surface area contributed by atoms with E-state index in [4.69, 9.17) is 5.11 Å². The molecule has 1 heterocycles. The van der Waals surface area contributed by atoms with Crippen LogP contribution in [-0.4, -0.2) is 16.1 Å². The molecular formula is C18H17NO2S. The zero-order valence-corrected chi connectivity index (χ0v) is 13.4. The highest BCUT2D eigenvalue weighted by Crippen LogP contribution is 2.32. The third-order valence-electron chi connectivity index (χ3n) is 3.81. The normalized spacial score (nSPS) is 11.7. The first-order valence-corrected chi connectivity index (χ1v) is 8.01. The van der Waals surface area contributed by atoms with E-state index in [1.807, 2.05) is 12.1 Å². The fourth-order valence-corrected chi connectivity index (χ4v) is 3.60. The van der Waals surface area contributed by atoms with E-state index < -0.39 is 5.97 Å². The smallest absolute Gasteiger partial charge is 0.355 e. The van der Waals surface area contributed by atoms with E-state index in [0.717, 1.165) is 11.4 Å². The molecule has 0 saturated heterocycles. The van der Waals surface area contributed by atoms with Crippen LogP contribution in [-0.2, 0) is 11.8 Å². The van der Waals surface area contributed by atoms with E-state index >= 15 is 0 Å². The molecule has 0 atom stereocenters. The minimum Gasteiger partial charge on any atom is -0.476 e. The molecule has 22 heavy (non-hydrogen) atoms. The number of hydrogen-bond donors (Lipinski definition) is 1. The van der Waals surface area contributed by atoms with Crippen molar-refractivity contribution in [3.8, 4) is 0 Å². The summed E-state index contributed by atoms with van der Waals surface area (Å²) in [5, 5.41) is 14.0. The SMILES string of the molecule is CC(C)(Cc1cccc2ccccc12)c1nc(C(=O)O)cs1. The standard InChI is InChI=1S/C18H17NO2S/c1-18(2,17-19-15(11-22-17)16(20)21)10-13-8-5-7-12-6-3-4-9-14(12)13/h3-9,11H,10H2,1-2H3,(H,20,21). The van der Waals surface area contributed by atoms with Crippen LogP contribution in [0.5, 0.6) is 0 Å². The number of hydrogen-bond acceptors (Lipinski definition) is 3. The zero-order valence-electron chi connectivity index (χ0n) is 12.5. The molecule has 2 aromatic carbocycles. The van der Waals surface area contributed by atoms with E-state index in [-0.39, 0.29) is 11.1 Å². The summed E-state index contributed by atoms with van der Waals surface area (Å²) < 4.78 is 0. The van der Waals surface area contributed by atoms with E-state index in [0.29, 0.717) is 0 Å². The Bertz CT molecular complexity index is 830. The van der Waals surface area contributed by atoms with Crippen molar-refractivity contribution in [3.63, 3.8) is 0 Å². The summed E-state index contributed by atoms with van der Waals surface area (Å²) in [6.07, 6.45) is 0.820. The molecule has 0 aliphatic carbocycles. The van der Waals surface area contributed by atoms with Gasteiger partial charge in [0.05, 0.1) is 5.01 Å². The summed E-state index contributed by atoms with van der Waals surface area (Å²) in [5.74, 6) is -0.969. The number of rotatable bonds is 4. The summed E-state index contributed by atoms with van der Waals surface area (Å²) in [4.78, 5) is 15.3. The Morgan fingerprint density at radius 3 is 2.64 bits per heavy atom. The summed E-state index contributed by atoms with van der Waals surface area (Å²) in [6.45, 7) is 4.22. The number of thiazole rings is 1. The van der Waals surface area contributed by atoms with E-state index in [2.05, 4.69) is 49.2 Å². The first kappa shape index (κ1) is 14.7. The molecule has 3 rings (SSSR count). The number of fused-ring (bicyclic) bond motifs is 1. The molecular weight excluding hydrogens is 294 g/mol. The number of carboxylic acids is 1. The molecule has 1 N–H and O–H groups in total. The Balaban J connectivity index is 1.97. The lowest BCUT2D eigenvalue weighted by Gasteiger charge is -2.23. The lowest BCUT2D eigenvalue weighted by Crippen LogP contribution is -2.20. The minimum absolute atomic E-state index is 0.131. The van der Waals surface area contributed by atoms with Crippen LogP contribution < -0.4 is 0 Å². The molecule has 0 bridgehead atoms. The number of aromatic carboxylic acids is 1. The Morgan fingerprint density at radius 1 is 1.18 bits per heavy atom. The average Bonchev–Trinajstić information content (AvgIpc) is 2.98. The topological polar surface area (TPSA) is 50.2 Å². The number of carboxylic acid groups (broad SMARTS) is 1. The third kappa shape index (κ3) is 2.74. The molecule has 4 heteroatoms. The quantitative estimate of drug-likeness (QED) is 0.771. The zero-order chi connectivity index (χ0) is 15.7. The number of benzene rings is 2. The maximum Gasteiger partial charge on any atom is 0.355 e. The van der Waals surface area contributed by atoms with E-state index in [9.17, 15) is 4.79 Å². The van der Waals surface area contributed by atoms with Gasteiger partial charge in [0.25, 0.3) is 0 Å². The molecule has 0 radical (unpaired) electrons. The van der Waals surface area contributed by atoms with Crippen molar-refractivity contribution in [1.82, 2.24) is 4.98 Å². The minimum atomic E-state index is -0.969. The summed E-state index contributed by atoms with van der Waals surface area (Å²) in [6, 6.07) is 14.6. The lowest BCUT2D eigenvalue weighted by molar-refractivity contribution is 0.0691. The van der Waals surface area contributed by atoms with Gasteiger partial charge in [-0.1, -0.05) is 56.3 Å². The van der Waals surface area contributed by atoms with Crippen molar-refractivity contribution in [3.05, 3.63) is 64.1 Å². The Morgan fingerprint density at radius 2 is 1.91 bits per heavy atom. The predicted molar refractivity (Wildman–Crippen MR) is 89.8 cm³/mol. The number of nitrogens with zero attached hydrogens (tertiary/aromatic N) is 1. The highest BCUT2D eigenvalue weighted by molar-refractivity contribution is 7.10. The van der Waals surface area contributed by atoms with E-state index in [1.165, 1.54) is 27.7 Å². The van der Waals surface area contributed by atoms with Gasteiger partial charge in [-0.25, -0.2) is 9.78 Å². The second-order valence-electron chi connectivity index (χ2n) is 6.04. The Labute approximate surface area is 133 Å². The van der Waals surface area contributed by atoms with Gasteiger partial charge < -0.3 is 5.11 Å². The van der Waals surface area contributed by atoms with Crippen molar-refractivity contribution < 1.29 is 9.90 Å². The van der Waals surface area contributed by atoms with Gasteiger partial charge in [-0.2, -0.15) is 0 Å². The number of aromatic nitrogens is 1. The van der Waals surface area contributed by atoms with Crippen LogP contribution in [0.15, 0.2) is 47.8 Å². The van der Waals surface area contributed by atoms with Gasteiger partial charge >= 0.3 is 5.97 Å². The maximum atomic E-state index is 11.0. The summed E-state index contributed by atoms with van der Waals surface area (Å²) in [7, 11) is 0. The van der Waals surface area contributed by atoms with Gasteiger partial charge in [-0.3, -0.25) is 0 Å². The molecule has 0 aliphatic rings. The van der Waals surface area contributed by atoms with Crippen LogP contribution in [0.2, 0.25) is 0 Å². The van der Waals surface area contributed by atoms with E-state index in [1.54, 1.807) is 5.38 Å². The Kier molecular flexibility index (Phi) is 3.71. The van der Waals surface area contributed by atoms with Crippen molar-refractivity contribution in [2.24, 2.45) is 0 Å². The fraction of sp³-hybridized carbons (Fsp3) is 0.222. The first-order valence-electron chi connectivity index (χ1n) is 7.13. The van der Waals surface area contributed by atoms with Gasteiger partial charge in [0, 0.05) is 10.8 Å². The van der Waals surface area contributed by atoms with Gasteiger partial charge in [0.1, 0.15) is 0 Å². The van der Waals surface area contributed by atoms with Gasteiger partial charge in [-0.15, -0.1) is 11.3 Å². The van der Waals surface area contributed by atoms with Crippen LogP contribution in [0, 0.1) is 0 Å². The van der Waals surface area contributed by atoms with Crippen LogP contribution in [0.4, 0.5) is 0 Å². The highest BCUT2D eigenvalue weighted by Gasteiger charge is 2.26. The number of carbonyl (C=O) groups is 1. The summed E-state index contributed by atoms with van der Waals surface area (Å²) >= 11 is 1.42. The third-order valence-corrected chi connectivity index (χ3v) is 5.02. The molecule has 112 valence electrons. The molecule has 3 nitrogen and oxygen atoms in total. The van der Waals surface area contributed by atoms with Crippen LogP contribution >= 0.6 is 11.3 Å². The fourth-order valence-electron chi connectivity index (χ4n) is 2.68. The Hall–Kier alpha value is -2.20. The molecule has 0 unspecified atom stereocenters. The van der Waals surface area contributed by atoms with Crippen molar-refractivity contribution in [2.75, 3.05) is 0 Å². The lowest BCUT2D eigenvalue weighted by atomic mass is 9.84. The largest absolute Gasteiger partial charge is 0.476 e. The van der Waals surface area contributed by atoms with Crippen molar-refractivity contribution >= 4 is 28.1 Å². The van der Waals surface area contributed by atoms with Crippen LogP contribution in [0.25, 0.3) is 10.8 Å². The molecule has 0 aliphatic heterocycles. The average molecular weight is 311 g/mol. The predicted octanol–water partition coefficient (Wildman–Crippen LogP) is 4.51. The monoisotopic (exact) mass is 311 g/mol. The molecule has 0 fully saturated rings. The molecule has 0 spiro atoms. The maximum absolute atomic E-state index is 11.0. The van der Waals surface area contributed by atoms with Gasteiger partial charge in [-0.05, 0) is 22.8 Å². The highest BCUT2D eigenvalue weighted by atomic mass is 32.1. The second kappa shape index (κ2) is 5.54. The van der Waals surface area contributed by atoms with Crippen molar-refractivity contribution in [1.29, 1.82) is 0 Å². The second-order valence-corrected chi connectivity index (χ2v) is 6.90.